The van der Waals surface area contributed by atoms with Crippen molar-refractivity contribution in [3.05, 3.63) is 38.4 Å². The molecule has 7 nitrogen and oxygen atoms in total. The molecule has 0 saturated carbocycles. The second kappa shape index (κ2) is 4.56. The first kappa shape index (κ1) is 11.9. The molecule has 0 aromatic heterocycles. The highest BCUT2D eigenvalue weighted by Crippen LogP contribution is 2.30. The Kier molecular flexibility index (Phi) is 3.39. The molecule has 0 unspecified atom stereocenters. The van der Waals surface area contributed by atoms with Crippen LogP contribution in [0, 0.1) is 20.2 Å². The van der Waals surface area contributed by atoms with Gasteiger partial charge in [0.1, 0.15) is 5.69 Å². The quantitative estimate of drug-likeness (QED) is 0.577. The molecule has 0 aliphatic heterocycles. The number of nitro groups is 2. The van der Waals surface area contributed by atoms with E-state index in [1.807, 2.05) is 6.92 Å². The summed E-state index contributed by atoms with van der Waals surface area (Å²) in [5, 5.41) is 21.3. The van der Waals surface area contributed by atoms with Crippen molar-refractivity contribution in [2.75, 3.05) is 18.5 Å². The van der Waals surface area contributed by atoms with Crippen LogP contribution in [0.25, 0.3) is 0 Å². The molecular weight excluding hydrogens is 214 g/mol. The van der Waals surface area contributed by atoms with Gasteiger partial charge in [0, 0.05) is 19.7 Å². The molecule has 0 atom stereocenters. The summed E-state index contributed by atoms with van der Waals surface area (Å²) in [5.41, 5.74) is -0.156. The highest BCUT2D eigenvalue weighted by molar-refractivity contribution is 5.66. The van der Waals surface area contributed by atoms with Crippen LogP contribution in [0.5, 0.6) is 0 Å². The van der Waals surface area contributed by atoms with Gasteiger partial charge in [0.15, 0.2) is 0 Å². The zero-order chi connectivity index (χ0) is 12.3. The lowest BCUT2D eigenvalue weighted by Gasteiger charge is -2.16. The summed E-state index contributed by atoms with van der Waals surface area (Å²) >= 11 is 0. The van der Waals surface area contributed by atoms with Crippen molar-refractivity contribution in [1.29, 1.82) is 0 Å². The summed E-state index contributed by atoms with van der Waals surface area (Å²) in [6.45, 7) is 2.42. The van der Waals surface area contributed by atoms with Crippen LogP contribution < -0.4 is 4.90 Å². The first-order chi connectivity index (χ1) is 7.47. The second-order valence-corrected chi connectivity index (χ2v) is 3.20. The molecule has 0 aliphatic carbocycles. The van der Waals surface area contributed by atoms with Crippen LogP contribution in [-0.4, -0.2) is 23.4 Å². The fourth-order valence-electron chi connectivity index (χ4n) is 1.26. The number of nitrogens with zero attached hydrogens (tertiary/aromatic N) is 3. The van der Waals surface area contributed by atoms with Crippen molar-refractivity contribution >= 4 is 17.1 Å². The van der Waals surface area contributed by atoms with E-state index >= 15 is 0 Å². The van der Waals surface area contributed by atoms with Gasteiger partial charge in [-0.05, 0) is 13.0 Å². The summed E-state index contributed by atoms with van der Waals surface area (Å²) < 4.78 is 0. The minimum absolute atomic E-state index is 0.251. The van der Waals surface area contributed by atoms with E-state index in [1.54, 1.807) is 11.9 Å². The van der Waals surface area contributed by atoms with Crippen LogP contribution in [0.1, 0.15) is 6.92 Å². The Bertz CT molecular complexity index is 433. The molecule has 0 radical (unpaired) electrons. The first-order valence-corrected chi connectivity index (χ1v) is 4.61. The van der Waals surface area contributed by atoms with Crippen molar-refractivity contribution < 1.29 is 9.85 Å². The van der Waals surface area contributed by atoms with E-state index in [0.29, 0.717) is 12.2 Å². The topological polar surface area (TPSA) is 89.5 Å². The van der Waals surface area contributed by atoms with Crippen LogP contribution in [-0.2, 0) is 0 Å². The van der Waals surface area contributed by atoms with E-state index in [0.717, 1.165) is 6.07 Å². The Morgan fingerprint density at radius 3 is 2.31 bits per heavy atom. The molecule has 0 spiro atoms. The Morgan fingerprint density at radius 1 is 1.25 bits per heavy atom. The molecule has 0 heterocycles. The number of hydrogen-bond donors (Lipinski definition) is 0. The molecule has 1 aromatic rings. The third-order valence-corrected chi connectivity index (χ3v) is 2.25. The van der Waals surface area contributed by atoms with E-state index in [9.17, 15) is 20.2 Å². The van der Waals surface area contributed by atoms with Gasteiger partial charge in [0.05, 0.1) is 15.9 Å². The minimum atomic E-state index is -0.650. The van der Waals surface area contributed by atoms with Crippen LogP contribution >= 0.6 is 0 Å². The largest absolute Gasteiger partial charge is 0.369 e. The molecule has 1 aromatic carbocycles. The summed E-state index contributed by atoms with van der Waals surface area (Å²) in [5.74, 6) is 0. The van der Waals surface area contributed by atoms with E-state index in [2.05, 4.69) is 0 Å². The summed E-state index contributed by atoms with van der Waals surface area (Å²) in [6, 6.07) is 3.62. The van der Waals surface area contributed by atoms with Crippen molar-refractivity contribution in [1.82, 2.24) is 0 Å². The fourth-order valence-corrected chi connectivity index (χ4v) is 1.26. The average Bonchev–Trinajstić information content (AvgIpc) is 2.26. The Balaban J connectivity index is 3.30. The van der Waals surface area contributed by atoms with Crippen LogP contribution in [0.2, 0.25) is 0 Å². The molecule has 0 fully saturated rings. The number of rotatable bonds is 4. The van der Waals surface area contributed by atoms with E-state index in [-0.39, 0.29) is 11.4 Å². The van der Waals surface area contributed by atoms with Crippen LogP contribution in [0.15, 0.2) is 18.2 Å². The van der Waals surface area contributed by atoms with E-state index < -0.39 is 9.85 Å². The molecular formula is C9H11N3O4. The van der Waals surface area contributed by atoms with Crippen LogP contribution in [0.3, 0.4) is 0 Å². The van der Waals surface area contributed by atoms with Gasteiger partial charge in [-0.3, -0.25) is 20.2 Å². The maximum atomic E-state index is 10.8. The highest BCUT2D eigenvalue weighted by Gasteiger charge is 2.20. The zero-order valence-corrected chi connectivity index (χ0v) is 8.91. The van der Waals surface area contributed by atoms with Gasteiger partial charge >= 0.3 is 0 Å². The lowest BCUT2D eigenvalue weighted by Crippen LogP contribution is -2.17. The second-order valence-electron chi connectivity index (χ2n) is 3.20. The molecule has 7 heteroatoms. The number of benzene rings is 1. The standard InChI is InChI=1S/C9H11N3O4/c1-3-10(2)8-5-4-7(11(13)14)6-9(8)12(15)16/h4-6H,3H2,1-2H3. The van der Waals surface area contributed by atoms with Gasteiger partial charge in [-0.25, -0.2) is 0 Å². The van der Waals surface area contributed by atoms with Gasteiger partial charge in [0.2, 0.25) is 0 Å². The van der Waals surface area contributed by atoms with Crippen molar-refractivity contribution in [3.8, 4) is 0 Å². The molecule has 0 saturated heterocycles. The smallest absolute Gasteiger partial charge is 0.299 e. The summed E-state index contributed by atoms with van der Waals surface area (Å²) in [7, 11) is 1.69. The van der Waals surface area contributed by atoms with Crippen LogP contribution in [0.4, 0.5) is 17.1 Å². The molecule has 0 bridgehead atoms. The molecule has 16 heavy (non-hydrogen) atoms. The van der Waals surface area contributed by atoms with Gasteiger partial charge in [0.25, 0.3) is 11.4 Å². The maximum Gasteiger partial charge on any atom is 0.299 e. The van der Waals surface area contributed by atoms with E-state index in [1.165, 1.54) is 12.1 Å². The van der Waals surface area contributed by atoms with Gasteiger partial charge in [-0.1, -0.05) is 0 Å². The molecule has 0 amide bonds. The number of hydrogen-bond acceptors (Lipinski definition) is 5. The minimum Gasteiger partial charge on any atom is -0.369 e. The molecule has 0 N–H and O–H groups in total. The predicted octanol–water partition coefficient (Wildman–Crippen LogP) is 1.96. The first-order valence-electron chi connectivity index (χ1n) is 4.61. The SMILES string of the molecule is CCN(C)c1ccc([N+](=O)[O-])cc1[N+](=O)[O-]. The lowest BCUT2D eigenvalue weighted by atomic mass is 10.2. The Morgan fingerprint density at radius 2 is 1.88 bits per heavy atom. The lowest BCUT2D eigenvalue weighted by molar-refractivity contribution is -0.393. The third kappa shape index (κ3) is 2.25. The molecule has 1 rings (SSSR count). The Labute approximate surface area is 91.6 Å². The van der Waals surface area contributed by atoms with Crippen molar-refractivity contribution in [2.45, 2.75) is 6.92 Å². The summed E-state index contributed by atoms with van der Waals surface area (Å²) in [6.07, 6.45) is 0. The van der Waals surface area contributed by atoms with Gasteiger partial charge < -0.3 is 4.90 Å². The van der Waals surface area contributed by atoms with Gasteiger partial charge in [-0.15, -0.1) is 0 Å². The fraction of sp³-hybridized carbons (Fsp3) is 0.333. The predicted molar refractivity (Wildman–Crippen MR) is 58.7 cm³/mol. The molecule has 0 aliphatic rings. The number of anilines is 1. The van der Waals surface area contributed by atoms with E-state index in [4.69, 9.17) is 0 Å². The third-order valence-electron chi connectivity index (χ3n) is 2.25. The maximum absolute atomic E-state index is 10.8. The average molecular weight is 225 g/mol. The van der Waals surface area contributed by atoms with Gasteiger partial charge in [-0.2, -0.15) is 0 Å². The zero-order valence-electron chi connectivity index (χ0n) is 8.91. The number of non-ortho nitro benzene ring substituents is 1. The monoisotopic (exact) mass is 225 g/mol. The van der Waals surface area contributed by atoms with Crippen molar-refractivity contribution in [3.63, 3.8) is 0 Å². The molecule has 86 valence electrons. The van der Waals surface area contributed by atoms with Crippen molar-refractivity contribution in [2.24, 2.45) is 0 Å². The summed E-state index contributed by atoms with van der Waals surface area (Å²) in [4.78, 5) is 21.7. The normalized spacial score (nSPS) is 9.88. The highest BCUT2D eigenvalue weighted by atomic mass is 16.6. The Hall–Kier alpha value is -2.18. The number of nitro benzene ring substituents is 2.